The molecule has 1 aromatic carbocycles. The third kappa shape index (κ3) is 1.67. The molecule has 0 aliphatic carbocycles. The second-order valence-electron chi connectivity index (χ2n) is 3.52. The number of nitrogens with one attached hydrogen (secondary N) is 1. The van der Waals surface area contributed by atoms with Gasteiger partial charge in [-0.25, -0.2) is 0 Å². The highest BCUT2D eigenvalue weighted by atomic mass is 35.5. The first-order valence-corrected chi connectivity index (χ1v) is 4.93. The lowest BCUT2D eigenvalue weighted by Gasteiger charge is -2.00. The third-order valence-electron chi connectivity index (χ3n) is 2.23. The molecule has 5 heteroatoms. The van der Waals surface area contributed by atoms with Crippen LogP contribution in [0.4, 0.5) is 0 Å². The summed E-state index contributed by atoms with van der Waals surface area (Å²) >= 11 is 5.95. The Bertz CT molecular complexity index is 691. The van der Waals surface area contributed by atoms with E-state index in [4.69, 9.17) is 11.6 Å². The molecule has 0 bridgehead atoms. The van der Waals surface area contributed by atoms with Crippen LogP contribution in [0.25, 0.3) is 10.9 Å². The van der Waals surface area contributed by atoms with Crippen molar-refractivity contribution >= 4 is 22.5 Å². The van der Waals surface area contributed by atoms with E-state index in [1.54, 1.807) is 19.1 Å². The van der Waals surface area contributed by atoms with Crippen LogP contribution in [0.2, 0.25) is 5.02 Å². The summed E-state index contributed by atoms with van der Waals surface area (Å²) in [5, 5.41) is 10.2. The predicted octanol–water partition coefficient (Wildman–Crippen LogP) is 1.56. The summed E-state index contributed by atoms with van der Waals surface area (Å²) in [5.74, 6) is -0.302. The monoisotopic (exact) mass is 237 g/mol. The van der Waals surface area contributed by atoms with Gasteiger partial charge in [-0.15, -0.1) is 0 Å². The summed E-state index contributed by atoms with van der Waals surface area (Å²) in [5.41, 5.74) is -0.421. The molecule has 0 amide bonds. The van der Waals surface area contributed by atoms with Gasteiger partial charge in [-0.3, -0.25) is 9.59 Å². The molecule has 2 rings (SSSR count). The van der Waals surface area contributed by atoms with Crippen LogP contribution in [0.5, 0.6) is 5.75 Å². The lowest BCUT2D eigenvalue weighted by molar-refractivity contribution is 0.481. The molecule has 0 aliphatic heterocycles. The maximum absolute atomic E-state index is 11.3. The maximum atomic E-state index is 11.3. The number of aromatic amines is 1. The molecule has 4 nitrogen and oxygen atoms in total. The Morgan fingerprint density at radius 1 is 1.25 bits per heavy atom. The van der Waals surface area contributed by atoms with E-state index in [0.29, 0.717) is 10.5 Å². The van der Waals surface area contributed by atoms with Crippen LogP contribution in [0.15, 0.2) is 27.8 Å². The maximum Gasteiger partial charge on any atom is 0.296 e. The first-order valence-electron chi connectivity index (χ1n) is 4.55. The van der Waals surface area contributed by atoms with Crippen LogP contribution in [0, 0.1) is 6.92 Å². The number of aryl methyl sites for hydroxylation is 1. The molecule has 0 saturated carbocycles. The molecule has 0 unspecified atom stereocenters. The van der Waals surface area contributed by atoms with Crippen LogP contribution in [0.1, 0.15) is 5.56 Å². The Kier molecular flexibility index (Phi) is 2.44. The number of aromatic nitrogens is 1. The summed E-state index contributed by atoms with van der Waals surface area (Å²) < 4.78 is 0. The Morgan fingerprint density at radius 3 is 2.62 bits per heavy atom. The fourth-order valence-corrected chi connectivity index (χ4v) is 1.92. The number of halogens is 1. The number of benzene rings is 1. The van der Waals surface area contributed by atoms with E-state index in [1.165, 1.54) is 0 Å². The molecule has 0 radical (unpaired) electrons. The van der Waals surface area contributed by atoms with E-state index in [1.807, 2.05) is 0 Å². The fraction of sp³-hybridized carbons (Fsp3) is 0.0909. The summed E-state index contributed by atoms with van der Waals surface area (Å²) in [6, 6.07) is 4.15. The van der Waals surface area contributed by atoms with Gasteiger partial charge in [0.1, 0.15) is 5.75 Å². The average molecular weight is 238 g/mol. The average Bonchev–Trinajstić information content (AvgIpc) is 2.24. The van der Waals surface area contributed by atoms with Crippen molar-refractivity contribution in [3.8, 4) is 5.75 Å². The molecular weight excluding hydrogens is 230 g/mol. The molecule has 0 aliphatic rings. The molecule has 1 aromatic heterocycles. The summed E-state index contributed by atoms with van der Waals surface area (Å²) in [6.07, 6.45) is 0. The molecule has 0 atom stereocenters. The lowest BCUT2D eigenvalue weighted by Crippen LogP contribution is -2.22. The van der Waals surface area contributed by atoms with Gasteiger partial charge in [-0.1, -0.05) is 11.6 Å². The van der Waals surface area contributed by atoms with E-state index in [-0.39, 0.29) is 11.1 Å². The van der Waals surface area contributed by atoms with Gasteiger partial charge in [0, 0.05) is 6.07 Å². The van der Waals surface area contributed by atoms with Crippen LogP contribution in [-0.4, -0.2) is 10.1 Å². The van der Waals surface area contributed by atoms with Gasteiger partial charge in [-0.05, 0) is 24.6 Å². The third-order valence-corrected chi connectivity index (χ3v) is 2.53. The highest BCUT2D eigenvalue weighted by Gasteiger charge is 2.07. The second kappa shape index (κ2) is 3.64. The van der Waals surface area contributed by atoms with Crippen LogP contribution < -0.4 is 11.0 Å². The topological polar surface area (TPSA) is 70.2 Å². The van der Waals surface area contributed by atoms with Crippen molar-refractivity contribution in [3.05, 3.63) is 49.4 Å². The lowest BCUT2D eigenvalue weighted by atomic mass is 10.1. The SMILES string of the molecule is Cc1cc(Cl)c2c(O)cc(=O)c(=O)[nH]c2c1. The molecule has 16 heavy (non-hydrogen) atoms. The molecule has 2 N–H and O–H groups in total. The molecule has 82 valence electrons. The van der Waals surface area contributed by atoms with E-state index in [9.17, 15) is 14.7 Å². The summed E-state index contributed by atoms with van der Waals surface area (Å²) in [7, 11) is 0. The predicted molar refractivity (Wildman–Crippen MR) is 62.3 cm³/mol. The number of H-pyrrole nitrogens is 1. The van der Waals surface area contributed by atoms with E-state index < -0.39 is 11.0 Å². The van der Waals surface area contributed by atoms with E-state index >= 15 is 0 Å². The van der Waals surface area contributed by atoms with Gasteiger partial charge in [-0.2, -0.15) is 0 Å². The first kappa shape index (κ1) is 10.7. The number of rotatable bonds is 0. The van der Waals surface area contributed by atoms with E-state index in [0.717, 1.165) is 11.6 Å². The Morgan fingerprint density at radius 2 is 1.94 bits per heavy atom. The van der Waals surface area contributed by atoms with Crippen molar-refractivity contribution in [2.75, 3.05) is 0 Å². The zero-order valence-corrected chi connectivity index (χ0v) is 9.13. The van der Waals surface area contributed by atoms with Gasteiger partial charge in [0.25, 0.3) is 5.56 Å². The molecule has 2 aromatic rings. The second-order valence-corrected chi connectivity index (χ2v) is 3.92. The van der Waals surface area contributed by atoms with Crippen molar-refractivity contribution in [1.82, 2.24) is 4.98 Å². The van der Waals surface area contributed by atoms with Crippen molar-refractivity contribution in [2.45, 2.75) is 6.92 Å². The molecule has 1 heterocycles. The summed E-state index contributed by atoms with van der Waals surface area (Å²) in [6.45, 7) is 1.80. The van der Waals surface area contributed by atoms with E-state index in [2.05, 4.69) is 4.98 Å². The molecular formula is C11H8ClNO3. The molecule has 0 saturated heterocycles. The van der Waals surface area contributed by atoms with Gasteiger partial charge < -0.3 is 10.1 Å². The Labute approximate surface area is 95.1 Å². The standard InChI is InChI=1S/C11H8ClNO3/c1-5-2-6(12)10-7(3-5)13-11(16)9(15)4-8(10)14/h2-4,14H,1H3,(H,13,15,16). The largest absolute Gasteiger partial charge is 0.507 e. The first-order chi connectivity index (χ1) is 7.49. The number of aromatic hydroxyl groups is 1. The fourth-order valence-electron chi connectivity index (χ4n) is 1.55. The van der Waals surface area contributed by atoms with Gasteiger partial charge in [0.2, 0.25) is 5.43 Å². The van der Waals surface area contributed by atoms with Crippen LogP contribution in [-0.2, 0) is 0 Å². The number of hydrogen-bond donors (Lipinski definition) is 2. The van der Waals surface area contributed by atoms with Crippen LogP contribution >= 0.6 is 11.6 Å². The van der Waals surface area contributed by atoms with Crippen molar-refractivity contribution in [1.29, 1.82) is 0 Å². The quantitative estimate of drug-likeness (QED) is 0.683. The normalized spacial score (nSPS) is 10.6. The zero-order valence-electron chi connectivity index (χ0n) is 8.37. The molecule has 0 spiro atoms. The Balaban J connectivity index is 3.16. The number of fused-ring (bicyclic) bond motifs is 1. The minimum Gasteiger partial charge on any atom is -0.507 e. The summed E-state index contributed by atoms with van der Waals surface area (Å²) in [4.78, 5) is 24.9. The zero-order chi connectivity index (χ0) is 11.9. The van der Waals surface area contributed by atoms with Gasteiger partial charge >= 0.3 is 0 Å². The van der Waals surface area contributed by atoms with Gasteiger partial charge in [0.15, 0.2) is 0 Å². The minimum atomic E-state index is -0.803. The minimum absolute atomic E-state index is 0.270. The van der Waals surface area contributed by atoms with Gasteiger partial charge in [0.05, 0.1) is 15.9 Å². The smallest absolute Gasteiger partial charge is 0.296 e. The van der Waals surface area contributed by atoms with Crippen molar-refractivity contribution < 1.29 is 5.11 Å². The van der Waals surface area contributed by atoms with Crippen molar-refractivity contribution in [3.63, 3.8) is 0 Å². The highest BCUT2D eigenvalue weighted by molar-refractivity contribution is 6.36. The van der Waals surface area contributed by atoms with Crippen molar-refractivity contribution in [2.24, 2.45) is 0 Å². The highest BCUT2D eigenvalue weighted by Crippen LogP contribution is 2.29. The number of hydrogen-bond acceptors (Lipinski definition) is 3. The molecule has 0 fully saturated rings. The van der Waals surface area contributed by atoms with Crippen LogP contribution in [0.3, 0.4) is 0 Å². The Hall–Kier alpha value is -1.81.